The van der Waals surface area contributed by atoms with Gasteiger partial charge in [-0.2, -0.15) is 0 Å². The Morgan fingerprint density at radius 1 is 0.520 bits per heavy atom. The van der Waals surface area contributed by atoms with Crippen LogP contribution < -0.4 is 0 Å². The van der Waals surface area contributed by atoms with Gasteiger partial charge in [0, 0.05) is 0 Å². The van der Waals surface area contributed by atoms with Crippen LogP contribution in [0.15, 0.2) is 0 Å². The first-order chi connectivity index (χ1) is 11.5. The average Bonchev–Trinajstić information content (AvgIpc) is 2.47. The third kappa shape index (κ3) is 13.7. The second kappa shape index (κ2) is 12.4. The quantitative estimate of drug-likeness (QED) is 0.195. The van der Waals surface area contributed by atoms with E-state index in [1.54, 1.807) is 0 Å². The van der Waals surface area contributed by atoms with Crippen LogP contribution in [0.3, 0.4) is 0 Å². The first kappa shape index (κ1) is 26.0. The zero-order chi connectivity index (χ0) is 19.6. The Hall–Kier alpha value is 0.961. The van der Waals surface area contributed by atoms with Gasteiger partial charge in [-0.3, -0.25) is 0 Å². The van der Waals surface area contributed by atoms with Crippen molar-refractivity contribution >= 4 is 33.6 Å². The summed E-state index contributed by atoms with van der Waals surface area (Å²) in [5.41, 5.74) is 0. The van der Waals surface area contributed by atoms with Crippen LogP contribution in [-0.4, -0.2) is 25.0 Å². The van der Waals surface area contributed by atoms with Crippen LogP contribution in [0.4, 0.5) is 0 Å². The maximum Gasteiger partial charge on any atom is 0.300 e. The van der Waals surface area contributed by atoms with E-state index in [0.29, 0.717) is 0 Å². The zero-order valence-electron chi connectivity index (χ0n) is 18.5. The lowest BCUT2D eigenvalue weighted by Gasteiger charge is -2.36. The fourth-order valence-corrected chi connectivity index (χ4v) is 13.6. The molecule has 0 amide bonds. The molecule has 0 aromatic heterocycles. The van der Waals surface area contributed by atoms with Crippen molar-refractivity contribution in [1.29, 1.82) is 0 Å². The van der Waals surface area contributed by atoms with Crippen molar-refractivity contribution in [2.45, 2.75) is 117 Å². The predicted molar refractivity (Wildman–Crippen MR) is 122 cm³/mol. The largest absolute Gasteiger partial charge is 0.355 e. The average molecular weight is 425 g/mol. The molecule has 0 heterocycles. The van der Waals surface area contributed by atoms with Gasteiger partial charge in [-0.1, -0.05) is 59.3 Å². The van der Waals surface area contributed by atoms with Crippen LogP contribution in [0.25, 0.3) is 0 Å². The van der Waals surface area contributed by atoms with Crippen molar-refractivity contribution < 1.29 is 12.6 Å². The molecule has 0 unspecified atom stereocenters. The van der Waals surface area contributed by atoms with Gasteiger partial charge in [-0.15, -0.1) is 0 Å². The van der Waals surface area contributed by atoms with Crippen molar-refractivity contribution in [2.75, 3.05) is 0 Å². The highest BCUT2D eigenvalue weighted by molar-refractivity contribution is 7.47. The van der Waals surface area contributed by atoms with Crippen LogP contribution >= 0.6 is 8.60 Å². The van der Waals surface area contributed by atoms with Crippen molar-refractivity contribution in [1.82, 2.24) is 0 Å². The van der Waals surface area contributed by atoms with Crippen LogP contribution in [0, 0.1) is 0 Å². The van der Waals surface area contributed by atoms with Crippen molar-refractivity contribution in [3.63, 3.8) is 0 Å². The van der Waals surface area contributed by atoms with E-state index in [2.05, 4.69) is 60.1 Å². The second-order valence-corrected chi connectivity index (χ2v) is 23.8. The summed E-state index contributed by atoms with van der Waals surface area (Å²) in [6.45, 7) is 20.7. The molecule has 0 saturated heterocycles. The lowest BCUT2D eigenvalue weighted by Crippen LogP contribution is -2.36. The molecule has 152 valence electrons. The Labute approximate surface area is 163 Å². The van der Waals surface area contributed by atoms with E-state index in [1.807, 2.05) is 0 Å². The summed E-state index contributed by atoms with van der Waals surface area (Å²) in [6.07, 6.45) is 7.42. The number of rotatable bonds is 15. The maximum atomic E-state index is 6.60. The Morgan fingerprint density at radius 3 is 0.960 bits per heavy atom. The highest BCUT2D eigenvalue weighted by Crippen LogP contribution is 2.50. The highest BCUT2D eigenvalue weighted by Gasteiger charge is 2.37. The number of hydrogen-bond acceptors (Lipinski definition) is 3. The van der Waals surface area contributed by atoms with E-state index in [4.69, 9.17) is 12.6 Å². The molecule has 0 aromatic rings. The molecule has 0 atom stereocenters. The number of unbranched alkanes of at least 4 members (excludes halogenated alkanes) is 3. The van der Waals surface area contributed by atoms with E-state index in [1.165, 1.54) is 56.7 Å². The highest BCUT2D eigenvalue weighted by atomic mass is 31.2. The van der Waals surface area contributed by atoms with Crippen LogP contribution in [-0.2, 0) is 12.6 Å². The maximum absolute atomic E-state index is 6.60. The van der Waals surface area contributed by atoms with Gasteiger partial charge in [-0.25, -0.2) is 0 Å². The molecule has 0 fully saturated rings. The van der Waals surface area contributed by atoms with Crippen LogP contribution in [0.1, 0.15) is 59.3 Å². The molecule has 0 aliphatic rings. The van der Waals surface area contributed by atoms with Crippen LogP contribution in [0.5, 0.6) is 0 Å². The monoisotopic (exact) mass is 424 g/mol. The summed E-state index contributed by atoms with van der Waals surface area (Å²) >= 11 is 0. The van der Waals surface area contributed by atoms with E-state index >= 15 is 0 Å². The van der Waals surface area contributed by atoms with Gasteiger partial charge in [0.05, 0.1) is 0 Å². The van der Waals surface area contributed by atoms with E-state index in [9.17, 15) is 0 Å². The van der Waals surface area contributed by atoms with Crippen LogP contribution in [0.2, 0.25) is 57.4 Å². The zero-order valence-corrected chi connectivity index (χ0v) is 22.4. The van der Waals surface area contributed by atoms with Crippen molar-refractivity contribution in [2.24, 2.45) is 0 Å². The molecular weight excluding hydrogens is 379 g/mol. The SMILES string of the molecule is CCCC[Si](C)(C)OP(O[Si](C)(C)CCCC)O[Si](C)(C)CCCC. The van der Waals surface area contributed by atoms with Gasteiger partial charge in [0.15, 0.2) is 25.0 Å². The number of hydrogen-bond donors (Lipinski definition) is 0. The molecule has 3 nitrogen and oxygen atoms in total. The summed E-state index contributed by atoms with van der Waals surface area (Å²) in [7, 11) is -6.37. The lowest BCUT2D eigenvalue weighted by atomic mass is 10.4. The minimum Gasteiger partial charge on any atom is -0.355 e. The topological polar surface area (TPSA) is 27.7 Å². The van der Waals surface area contributed by atoms with Gasteiger partial charge in [0.2, 0.25) is 0 Å². The van der Waals surface area contributed by atoms with Crippen molar-refractivity contribution in [3.8, 4) is 0 Å². The molecule has 25 heavy (non-hydrogen) atoms. The fourth-order valence-electron chi connectivity index (χ4n) is 2.61. The normalized spacial score (nSPS) is 13.7. The van der Waals surface area contributed by atoms with Gasteiger partial charge in [0.1, 0.15) is 0 Å². The molecule has 0 rings (SSSR count). The minimum atomic E-state index is -1.73. The molecule has 0 N–H and O–H groups in total. The third-order valence-corrected chi connectivity index (χ3v) is 16.8. The Balaban J connectivity index is 5.03. The molecular formula is C18H45O3PSi3. The summed E-state index contributed by atoms with van der Waals surface area (Å²) in [5.74, 6) is 0. The van der Waals surface area contributed by atoms with Gasteiger partial charge >= 0.3 is 0 Å². The third-order valence-electron chi connectivity index (χ3n) is 4.36. The predicted octanol–water partition coefficient (Wildman–Crippen LogP) is 8.28. The smallest absolute Gasteiger partial charge is 0.300 e. The molecule has 7 heteroatoms. The summed E-state index contributed by atoms with van der Waals surface area (Å²) < 4.78 is 19.8. The van der Waals surface area contributed by atoms with Gasteiger partial charge in [-0.05, 0) is 57.4 Å². The molecule has 0 saturated carbocycles. The molecule has 0 bridgehead atoms. The lowest BCUT2D eigenvalue weighted by molar-refractivity contribution is 0.374. The van der Waals surface area contributed by atoms with E-state index in [0.717, 1.165) is 0 Å². The standard InChI is InChI=1S/C18H45O3PSi3/c1-10-13-16-23(4,5)19-22(20-24(6,7)17-14-11-2)21-25(8,9)18-15-12-3/h10-18H2,1-9H3. The molecule has 0 aliphatic heterocycles. The van der Waals surface area contributed by atoms with E-state index in [-0.39, 0.29) is 0 Å². The summed E-state index contributed by atoms with van der Waals surface area (Å²) in [6, 6.07) is 3.59. The Kier molecular flexibility index (Phi) is 12.9. The van der Waals surface area contributed by atoms with Gasteiger partial charge < -0.3 is 12.6 Å². The molecule has 0 aromatic carbocycles. The summed E-state index contributed by atoms with van der Waals surface area (Å²) in [5, 5.41) is 0. The molecule has 0 aliphatic carbocycles. The van der Waals surface area contributed by atoms with Gasteiger partial charge in [0.25, 0.3) is 8.60 Å². The Morgan fingerprint density at radius 2 is 0.760 bits per heavy atom. The second-order valence-electron chi connectivity index (χ2n) is 9.09. The van der Waals surface area contributed by atoms with E-state index < -0.39 is 33.6 Å². The molecule has 0 radical (unpaired) electrons. The first-order valence-electron chi connectivity index (χ1n) is 10.3. The Bertz CT molecular complexity index is 300. The fraction of sp³-hybridized carbons (Fsp3) is 1.00. The summed E-state index contributed by atoms with van der Waals surface area (Å²) in [4.78, 5) is 0. The molecule has 0 spiro atoms. The first-order valence-corrected chi connectivity index (χ1v) is 20.8. The minimum absolute atomic E-state index is 1.19. The van der Waals surface area contributed by atoms with Crippen molar-refractivity contribution in [3.05, 3.63) is 0 Å².